The predicted molar refractivity (Wildman–Crippen MR) is 116 cm³/mol. The minimum Gasteiger partial charge on any atom is -0.378 e. The number of morpholine rings is 1. The standard InChI is InChI=1S/C23H21F2N5O3/c24-16-5-2-6-17(25)18(16)21-28-20(19-22(31)26-7-8-30(19)21)27-15-4-1-3-14(13-15)23(32)29-9-11-33-12-10-29/h1-6,13,27H,7-12H2,(H,26,31). The molecule has 0 unspecified atom stereocenters. The van der Waals surface area contributed by atoms with Crippen molar-refractivity contribution in [2.75, 3.05) is 38.2 Å². The van der Waals surface area contributed by atoms with Crippen LogP contribution in [0.5, 0.6) is 0 Å². The second kappa shape index (κ2) is 8.62. The molecule has 8 nitrogen and oxygen atoms in total. The lowest BCUT2D eigenvalue weighted by atomic mass is 10.1. The van der Waals surface area contributed by atoms with Crippen molar-refractivity contribution in [1.82, 2.24) is 19.8 Å². The Hall–Kier alpha value is -3.79. The summed E-state index contributed by atoms with van der Waals surface area (Å²) in [5, 5.41) is 5.79. The van der Waals surface area contributed by atoms with Gasteiger partial charge in [0.1, 0.15) is 17.5 Å². The number of hydrogen-bond acceptors (Lipinski definition) is 5. The van der Waals surface area contributed by atoms with Crippen molar-refractivity contribution in [3.63, 3.8) is 0 Å². The van der Waals surface area contributed by atoms with Gasteiger partial charge < -0.3 is 24.8 Å². The van der Waals surface area contributed by atoms with E-state index in [9.17, 15) is 18.4 Å². The molecule has 2 aliphatic heterocycles. The average Bonchev–Trinajstić information content (AvgIpc) is 3.18. The number of carbonyl (C=O) groups is 2. The van der Waals surface area contributed by atoms with E-state index >= 15 is 0 Å². The molecule has 1 saturated heterocycles. The number of anilines is 2. The molecule has 2 aliphatic rings. The number of benzene rings is 2. The van der Waals surface area contributed by atoms with E-state index in [1.807, 2.05) is 0 Å². The predicted octanol–water partition coefficient (Wildman–Crippen LogP) is 2.79. The van der Waals surface area contributed by atoms with E-state index in [-0.39, 0.29) is 28.8 Å². The SMILES string of the molecule is O=C1NCCn2c(-c3c(F)cccc3F)nc(Nc3cccc(C(=O)N4CCOCC4)c3)c21. The summed E-state index contributed by atoms with van der Waals surface area (Å²) in [6.07, 6.45) is 0. The number of amides is 2. The summed E-state index contributed by atoms with van der Waals surface area (Å²) in [7, 11) is 0. The molecule has 3 aromatic rings. The maximum atomic E-state index is 14.5. The molecule has 2 N–H and O–H groups in total. The van der Waals surface area contributed by atoms with Crippen LogP contribution in [0.1, 0.15) is 20.8 Å². The molecule has 2 aromatic carbocycles. The molecule has 3 heterocycles. The summed E-state index contributed by atoms with van der Waals surface area (Å²) in [6, 6.07) is 10.4. The Morgan fingerprint density at radius 3 is 2.55 bits per heavy atom. The molecule has 0 saturated carbocycles. The highest BCUT2D eigenvalue weighted by molar-refractivity contribution is 6.00. The lowest BCUT2D eigenvalue weighted by Gasteiger charge is -2.27. The number of aromatic nitrogens is 2. The molecular formula is C23H21F2N5O3. The van der Waals surface area contributed by atoms with E-state index in [1.165, 1.54) is 10.6 Å². The van der Waals surface area contributed by atoms with Crippen LogP contribution in [-0.2, 0) is 11.3 Å². The highest BCUT2D eigenvalue weighted by Crippen LogP contribution is 2.32. The zero-order chi connectivity index (χ0) is 22.9. The van der Waals surface area contributed by atoms with Crippen molar-refractivity contribution >= 4 is 23.3 Å². The first-order valence-electron chi connectivity index (χ1n) is 10.6. The quantitative estimate of drug-likeness (QED) is 0.634. The second-order valence-corrected chi connectivity index (χ2v) is 7.75. The highest BCUT2D eigenvalue weighted by Gasteiger charge is 2.29. The van der Waals surface area contributed by atoms with Gasteiger partial charge in [-0.1, -0.05) is 12.1 Å². The Morgan fingerprint density at radius 2 is 1.79 bits per heavy atom. The number of nitrogens with one attached hydrogen (secondary N) is 2. The summed E-state index contributed by atoms with van der Waals surface area (Å²) in [6.45, 7) is 2.65. The Morgan fingerprint density at radius 1 is 1.06 bits per heavy atom. The summed E-state index contributed by atoms with van der Waals surface area (Å²) in [5.41, 5.74) is 0.871. The van der Waals surface area contributed by atoms with Crippen LogP contribution in [0.3, 0.4) is 0 Å². The van der Waals surface area contributed by atoms with E-state index in [2.05, 4.69) is 15.6 Å². The monoisotopic (exact) mass is 453 g/mol. The van der Waals surface area contributed by atoms with Gasteiger partial charge in [0, 0.05) is 37.4 Å². The third-order valence-corrected chi connectivity index (χ3v) is 5.66. The van der Waals surface area contributed by atoms with Crippen LogP contribution in [0, 0.1) is 11.6 Å². The molecule has 0 aliphatic carbocycles. The Labute approximate surface area is 188 Å². The van der Waals surface area contributed by atoms with Gasteiger partial charge in [-0.3, -0.25) is 9.59 Å². The number of fused-ring (bicyclic) bond motifs is 1. The van der Waals surface area contributed by atoms with Crippen molar-refractivity contribution in [3.8, 4) is 11.4 Å². The molecule has 1 fully saturated rings. The second-order valence-electron chi connectivity index (χ2n) is 7.75. The third-order valence-electron chi connectivity index (χ3n) is 5.66. The number of imidazole rings is 1. The molecule has 0 spiro atoms. The minimum atomic E-state index is -0.765. The number of rotatable bonds is 4. The summed E-state index contributed by atoms with van der Waals surface area (Å²) >= 11 is 0. The van der Waals surface area contributed by atoms with Crippen molar-refractivity contribution in [3.05, 3.63) is 65.4 Å². The van der Waals surface area contributed by atoms with E-state index in [0.717, 1.165) is 12.1 Å². The zero-order valence-electron chi connectivity index (χ0n) is 17.6. The highest BCUT2D eigenvalue weighted by atomic mass is 19.1. The minimum absolute atomic E-state index is 0.0264. The number of carbonyl (C=O) groups excluding carboxylic acids is 2. The average molecular weight is 453 g/mol. The molecular weight excluding hydrogens is 432 g/mol. The van der Waals surface area contributed by atoms with Crippen LogP contribution in [0.4, 0.5) is 20.3 Å². The fourth-order valence-corrected chi connectivity index (χ4v) is 4.07. The molecule has 5 rings (SSSR count). The zero-order valence-corrected chi connectivity index (χ0v) is 17.6. The maximum absolute atomic E-state index is 14.5. The normalized spacial score (nSPS) is 15.7. The van der Waals surface area contributed by atoms with E-state index in [1.54, 1.807) is 29.2 Å². The molecule has 0 radical (unpaired) electrons. The lowest BCUT2D eigenvalue weighted by molar-refractivity contribution is 0.0303. The van der Waals surface area contributed by atoms with Crippen molar-refractivity contribution in [2.45, 2.75) is 6.54 Å². The smallest absolute Gasteiger partial charge is 0.271 e. The molecule has 2 amide bonds. The van der Waals surface area contributed by atoms with Crippen molar-refractivity contribution in [1.29, 1.82) is 0 Å². The van der Waals surface area contributed by atoms with Gasteiger partial charge in [0.25, 0.3) is 11.8 Å². The van der Waals surface area contributed by atoms with Crippen molar-refractivity contribution < 1.29 is 23.1 Å². The molecule has 0 bridgehead atoms. The molecule has 0 atom stereocenters. The lowest BCUT2D eigenvalue weighted by Crippen LogP contribution is -2.40. The number of nitrogens with zero attached hydrogens (tertiary/aromatic N) is 3. The van der Waals surface area contributed by atoms with Gasteiger partial charge in [-0.15, -0.1) is 0 Å². The fraction of sp³-hybridized carbons (Fsp3) is 0.261. The first-order valence-corrected chi connectivity index (χ1v) is 10.6. The van der Waals surface area contributed by atoms with Crippen LogP contribution >= 0.6 is 0 Å². The number of ether oxygens (including phenoxy) is 1. The van der Waals surface area contributed by atoms with Gasteiger partial charge in [-0.05, 0) is 30.3 Å². The van der Waals surface area contributed by atoms with E-state index < -0.39 is 17.5 Å². The van der Waals surface area contributed by atoms with Crippen molar-refractivity contribution in [2.24, 2.45) is 0 Å². The van der Waals surface area contributed by atoms with Gasteiger partial charge in [-0.25, -0.2) is 13.8 Å². The van der Waals surface area contributed by atoms with Gasteiger partial charge >= 0.3 is 0 Å². The van der Waals surface area contributed by atoms with Gasteiger partial charge in [0.2, 0.25) is 0 Å². The van der Waals surface area contributed by atoms with Crippen LogP contribution in [0.15, 0.2) is 42.5 Å². The van der Waals surface area contributed by atoms with Crippen LogP contribution in [0.2, 0.25) is 0 Å². The summed E-state index contributed by atoms with van der Waals surface area (Å²) < 4.78 is 35.8. The number of hydrogen-bond donors (Lipinski definition) is 2. The topological polar surface area (TPSA) is 88.5 Å². The Bertz CT molecular complexity index is 1220. The Balaban J connectivity index is 1.51. The molecule has 33 heavy (non-hydrogen) atoms. The maximum Gasteiger partial charge on any atom is 0.271 e. The first kappa shape index (κ1) is 21.1. The van der Waals surface area contributed by atoms with Crippen LogP contribution in [-0.4, -0.2) is 59.1 Å². The summed E-state index contributed by atoms with van der Waals surface area (Å²) in [4.78, 5) is 31.6. The van der Waals surface area contributed by atoms with Gasteiger partial charge in [0.05, 0.1) is 18.8 Å². The fourth-order valence-electron chi connectivity index (χ4n) is 4.07. The van der Waals surface area contributed by atoms with E-state index in [4.69, 9.17) is 4.74 Å². The molecule has 1 aromatic heterocycles. The van der Waals surface area contributed by atoms with Crippen LogP contribution in [0.25, 0.3) is 11.4 Å². The molecule has 170 valence electrons. The third kappa shape index (κ3) is 3.93. The largest absolute Gasteiger partial charge is 0.378 e. The van der Waals surface area contributed by atoms with Gasteiger partial charge in [0.15, 0.2) is 11.5 Å². The molecule has 10 heteroatoms. The number of halogens is 2. The summed E-state index contributed by atoms with van der Waals surface area (Å²) in [5.74, 6) is -1.88. The Kier molecular flexibility index (Phi) is 5.51. The first-order chi connectivity index (χ1) is 16.0. The van der Waals surface area contributed by atoms with E-state index in [0.29, 0.717) is 50.6 Å². The van der Waals surface area contributed by atoms with Crippen LogP contribution < -0.4 is 10.6 Å². The van der Waals surface area contributed by atoms with Gasteiger partial charge in [-0.2, -0.15) is 0 Å².